The first-order chi connectivity index (χ1) is 22.1. The van der Waals surface area contributed by atoms with Gasteiger partial charge in [-0.1, -0.05) is 114 Å². The van der Waals surface area contributed by atoms with Gasteiger partial charge in [0.05, 0.1) is 0 Å². The van der Waals surface area contributed by atoms with E-state index in [1.807, 2.05) is 0 Å². The fourth-order valence-electron chi connectivity index (χ4n) is 5.64. The largest absolute Gasteiger partial charge is 0.481 e. The van der Waals surface area contributed by atoms with E-state index in [0.717, 1.165) is 51.9 Å². The van der Waals surface area contributed by atoms with E-state index in [1.165, 1.54) is 148 Å². The Morgan fingerprint density at radius 1 is 0.333 bits per heavy atom. The summed E-state index contributed by atoms with van der Waals surface area (Å²) in [6.07, 6.45) is 43.2. The van der Waals surface area contributed by atoms with Gasteiger partial charge in [0.15, 0.2) is 0 Å². The molecule has 6 heteroatoms. The maximum Gasteiger partial charge on any atom is 0.303 e. The zero-order valence-electron chi connectivity index (χ0n) is 29.4. The van der Waals surface area contributed by atoms with Gasteiger partial charge in [-0.15, -0.1) is 0 Å². The number of rotatable bonds is 38. The second-order valence-electron chi connectivity index (χ2n) is 13.0. The summed E-state index contributed by atoms with van der Waals surface area (Å²) in [5, 5.41) is 24.5. The average molecular weight is 635 g/mol. The lowest BCUT2D eigenvalue weighted by molar-refractivity contribution is -0.138. The second kappa shape index (κ2) is 38.5. The Labute approximate surface area is 278 Å². The molecule has 0 aliphatic heterocycles. The van der Waals surface area contributed by atoms with E-state index in [-0.39, 0.29) is 0 Å². The Balaban J connectivity index is 3.12. The second-order valence-corrected chi connectivity index (χ2v) is 13.0. The van der Waals surface area contributed by atoms with Crippen molar-refractivity contribution in [2.24, 2.45) is 0 Å². The highest BCUT2D eigenvalue weighted by molar-refractivity contribution is 5.66. The third-order valence-electron chi connectivity index (χ3n) is 8.51. The standard InChI is InChI=1S/C39H74N2O4/c42-38(43)32-27-23-19-15-11-7-3-1-5-9-13-17-21-25-29-34-40-36-31-37-41-35-30-26-22-18-14-10-6-2-4-8-12-16-20-24-28-33-39(44)45/h1-4,40-41H,5-37H2,(H,42,43)(H,44,45)/b3-1-,4-2-. The number of allylic oxidation sites excluding steroid dienone is 4. The zero-order valence-corrected chi connectivity index (χ0v) is 29.4. The fraction of sp³-hybridized carbons (Fsp3) is 0.846. The van der Waals surface area contributed by atoms with Crippen LogP contribution in [-0.2, 0) is 9.59 Å². The molecule has 0 heterocycles. The summed E-state index contributed by atoms with van der Waals surface area (Å²) in [4.78, 5) is 20.9. The Morgan fingerprint density at radius 2 is 0.578 bits per heavy atom. The molecular formula is C39H74N2O4. The zero-order chi connectivity index (χ0) is 32.7. The van der Waals surface area contributed by atoms with Crippen LogP contribution in [0.4, 0.5) is 0 Å². The van der Waals surface area contributed by atoms with Crippen LogP contribution in [-0.4, -0.2) is 48.3 Å². The minimum Gasteiger partial charge on any atom is -0.481 e. The molecule has 0 fully saturated rings. The summed E-state index contributed by atoms with van der Waals surface area (Å²) in [6, 6.07) is 0. The smallest absolute Gasteiger partial charge is 0.303 e. The first kappa shape index (κ1) is 43.3. The molecule has 0 aliphatic carbocycles. The van der Waals surface area contributed by atoms with Crippen LogP contribution in [0.2, 0.25) is 0 Å². The van der Waals surface area contributed by atoms with Gasteiger partial charge in [-0.2, -0.15) is 0 Å². The van der Waals surface area contributed by atoms with Crippen LogP contribution in [0.1, 0.15) is 186 Å². The number of hydrogen-bond acceptors (Lipinski definition) is 4. The average Bonchev–Trinajstić information content (AvgIpc) is 3.02. The number of aliphatic carboxylic acids is 2. The first-order valence-electron chi connectivity index (χ1n) is 19.3. The molecule has 0 saturated carbocycles. The number of hydrogen-bond donors (Lipinski definition) is 4. The van der Waals surface area contributed by atoms with Gasteiger partial charge in [-0.05, 0) is 110 Å². The highest BCUT2D eigenvalue weighted by Crippen LogP contribution is 2.11. The van der Waals surface area contributed by atoms with Crippen molar-refractivity contribution >= 4 is 11.9 Å². The monoisotopic (exact) mass is 635 g/mol. The van der Waals surface area contributed by atoms with Gasteiger partial charge in [0, 0.05) is 12.8 Å². The Bertz CT molecular complexity index is 624. The summed E-state index contributed by atoms with van der Waals surface area (Å²) < 4.78 is 0. The normalized spacial score (nSPS) is 11.7. The van der Waals surface area contributed by atoms with Crippen molar-refractivity contribution in [2.75, 3.05) is 26.2 Å². The molecule has 0 aliphatic rings. The number of carbonyl (C=O) groups is 2. The number of nitrogens with one attached hydrogen (secondary N) is 2. The van der Waals surface area contributed by atoms with Crippen molar-refractivity contribution in [3.8, 4) is 0 Å². The third kappa shape index (κ3) is 42.3. The maximum absolute atomic E-state index is 10.5. The molecule has 0 aromatic carbocycles. The van der Waals surface area contributed by atoms with Gasteiger partial charge in [0.1, 0.15) is 0 Å². The molecule has 0 rings (SSSR count). The number of carboxylic acids is 2. The molecule has 0 aromatic heterocycles. The van der Waals surface area contributed by atoms with Gasteiger partial charge in [-0.3, -0.25) is 9.59 Å². The minimum atomic E-state index is -0.669. The lowest BCUT2D eigenvalue weighted by atomic mass is 10.1. The van der Waals surface area contributed by atoms with Crippen molar-refractivity contribution in [3.05, 3.63) is 24.3 Å². The van der Waals surface area contributed by atoms with E-state index >= 15 is 0 Å². The number of carboxylic acid groups (broad SMARTS) is 2. The maximum atomic E-state index is 10.5. The Kier molecular flexibility index (Phi) is 37.1. The molecule has 0 spiro atoms. The van der Waals surface area contributed by atoms with Crippen molar-refractivity contribution in [3.63, 3.8) is 0 Å². The summed E-state index contributed by atoms with van der Waals surface area (Å²) in [7, 11) is 0. The highest BCUT2D eigenvalue weighted by atomic mass is 16.4. The van der Waals surface area contributed by atoms with Crippen LogP contribution < -0.4 is 10.6 Å². The highest BCUT2D eigenvalue weighted by Gasteiger charge is 1.98. The molecule has 0 amide bonds. The van der Waals surface area contributed by atoms with Crippen molar-refractivity contribution in [1.29, 1.82) is 0 Å². The van der Waals surface area contributed by atoms with Gasteiger partial charge >= 0.3 is 11.9 Å². The Morgan fingerprint density at radius 3 is 0.889 bits per heavy atom. The third-order valence-corrected chi connectivity index (χ3v) is 8.51. The van der Waals surface area contributed by atoms with E-state index in [2.05, 4.69) is 34.9 Å². The van der Waals surface area contributed by atoms with Gasteiger partial charge in [-0.25, -0.2) is 0 Å². The summed E-state index contributed by atoms with van der Waals surface area (Å²) in [5.74, 6) is -1.34. The van der Waals surface area contributed by atoms with Crippen LogP contribution >= 0.6 is 0 Å². The lowest BCUT2D eigenvalue weighted by Gasteiger charge is -2.07. The van der Waals surface area contributed by atoms with Gasteiger partial charge < -0.3 is 20.8 Å². The summed E-state index contributed by atoms with van der Waals surface area (Å²) >= 11 is 0. The summed E-state index contributed by atoms with van der Waals surface area (Å²) in [6.45, 7) is 4.59. The molecule has 6 nitrogen and oxygen atoms in total. The number of unbranched alkanes of at least 4 members (excludes halogenated alkanes) is 22. The van der Waals surface area contributed by atoms with Gasteiger partial charge in [0.2, 0.25) is 0 Å². The molecule has 0 atom stereocenters. The SMILES string of the molecule is O=C(O)CCCCCCC/C=C\CCCCCCCCNCCCNCCCCCCCC/C=C\CCCCCCCC(=O)O. The van der Waals surface area contributed by atoms with E-state index in [0.29, 0.717) is 12.8 Å². The van der Waals surface area contributed by atoms with E-state index in [4.69, 9.17) is 10.2 Å². The van der Waals surface area contributed by atoms with Crippen LogP contribution in [0.15, 0.2) is 24.3 Å². The minimum absolute atomic E-state index is 0.321. The van der Waals surface area contributed by atoms with Crippen LogP contribution in [0.3, 0.4) is 0 Å². The summed E-state index contributed by atoms with van der Waals surface area (Å²) in [5.41, 5.74) is 0. The van der Waals surface area contributed by atoms with E-state index in [1.54, 1.807) is 0 Å². The topological polar surface area (TPSA) is 98.7 Å². The Hall–Kier alpha value is -1.66. The van der Waals surface area contributed by atoms with Crippen LogP contribution in [0, 0.1) is 0 Å². The fourth-order valence-corrected chi connectivity index (χ4v) is 5.64. The van der Waals surface area contributed by atoms with Crippen molar-refractivity contribution in [2.45, 2.75) is 186 Å². The molecule has 0 aromatic rings. The lowest BCUT2D eigenvalue weighted by Crippen LogP contribution is -2.23. The quantitative estimate of drug-likeness (QED) is 0.0398. The molecule has 45 heavy (non-hydrogen) atoms. The predicted molar refractivity (Wildman–Crippen MR) is 193 cm³/mol. The first-order valence-corrected chi connectivity index (χ1v) is 19.3. The predicted octanol–water partition coefficient (Wildman–Crippen LogP) is 10.8. The van der Waals surface area contributed by atoms with Crippen molar-refractivity contribution in [1.82, 2.24) is 10.6 Å². The molecule has 0 bridgehead atoms. The van der Waals surface area contributed by atoms with Crippen molar-refractivity contribution < 1.29 is 19.8 Å². The van der Waals surface area contributed by atoms with E-state index in [9.17, 15) is 9.59 Å². The molecule has 0 unspecified atom stereocenters. The molecule has 0 saturated heterocycles. The van der Waals surface area contributed by atoms with Crippen LogP contribution in [0.25, 0.3) is 0 Å². The molecular weight excluding hydrogens is 560 g/mol. The van der Waals surface area contributed by atoms with Gasteiger partial charge in [0.25, 0.3) is 0 Å². The van der Waals surface area contributed by atoms with Crippen LogP contribution in [0.5, 0.6) is 0 Å². The molecule has 0 radical (unpaired) electrons. The van der Waals surface area contributed by atoms with E-state index < -0.39 is 11.9 Å². The molecule has 4 N–H and O–H groups in total. The molecule has 264 valence electrons.